The van der Waals surface area contributed by atoms with Crippen LogP contribution in [0.3, 0.4) is 0 Å². The topological polar surface area (TPSA) is 58.2 Å². The van der Waals surface area contributed by atoms with E-state index in [1.54, 1.807) is 0 Å². The van der Waals surface area contributed by atoms with Gasteiger partial charge >= 0.3 is 6.18 Å². The van der Waals surface area contributed by atoms with Gasteiger partial charge in [0.15, 0.2) is 0 Å². The lowest BCUT2D eigenvalue weighted by molar-refractivity contribution is -0.138. The summed E-state index contributed by atoms with van der Waals surface area (Å²) in [7, 11) is 0. The molecule has 2 fully saturated rings. The van der Waals surface area contributed by atoms with Crippen LogP contribution < -0.4 is 10.6 Å². The third-order valence-electron chi connectivity index (χ3n) is 6.13. The highest BCUT2D eigenvalue weighted by Crippen LogP contribution is 2.39. The summed E-state index contributed by atoms with van der Waals surface area (Å²) in [4.78, 5) is 24.7. The van der Waals surface area contributed by atoms with Gasteiger partial charge in [0, 0.05) is 18.0 Å². The van der Waals surface area contributed by atoms with Crippen LogP contribution in [0.15, 0.2) is 24.3 Å². The number of amides is 2. The Labute approximate surface area is 156 Å². The Bertz CT molecular complexity index is 719. The van der Waals surface area contributed by atoms with Gasteiger partial charge in [0.1, 0.15) is 0 Å². The van der Waals surface area contributed by atoms with E-state index in [1.807, 2.05) is 6.92 Å². The maximum atomic E-state index is 13.1. The van der Waals surface area contributed by atoms with Crippen molar-refractivity contribution in [1.82, 2.24) is 10.6 Å². The first-order valence-electron chi connectivity index (χ1n) is 9.49. The second kappa shape index (κ2) is 7.52. The summed E-state index contributed by atoms with van der Waals surface area (Å²) in [6.45, 7) is 4.11. The summed E-state index contributed by atoms with van der Waals surface area (Å²) in [6, 6.07) is 4.53. The molecular formula is C20H25F3N2O2. The van der Waals surface area contributed by atoms with Gasteiger partial charge in [-0.05, 0) is 49.7 Å². The smallest absolute Gasteiger partial charge is 0.353 e. The van der Waals surface area contributed by atoms with E-state index in [0.29, 0.717) is 18.8 Å². The van der Waals surface area contributed by atoms with Crippen LogP contribution in [-0.2, 0) is 11.0 Å². The van der Waals surface area contributed by atoms with Crippen LogP contribution in [0.1, 0.15) is 55.5 Å². The Hall–Kier alpha value is -2.05. The maximum absolute atomic E-state index is 13.1. The van der Waals surface area contributed by atoms with E-state index in [0.717, 1.165) is 18.9 Å². The lowest BCUT2D eigenvalue weighted by Gasteiger charge is -2.46. The van der Waals surface area contributed by atoms with Crippen molar-refractivity contribution in [2.24, 2.45) is 17.8 Å². The molecule has 0 bridgehead atoms. The van der Waals surface area contributed by atoms with Crippen LogP contribution >= 0.6 is 0 Å². The molecule has 1 saturated heterocycles. The van der Waals surface area contributed by atoms with Crippen molar-refractivity contribution in [3.63, 3.8) is 0 Å². The minimum absolute atomic E-state index is 0.0102. The Morgan fingerprint density at radius 2 is 1.96 bits per heavy atom. The molecule has 1 saturated carbocycles. The van der Waals surface area contributed by atoms with Gasteiger partial charge in [-0.1, -0.05) is 26.0 Å². The summed E-state index contributed by atoms with van der Waals surface area (Å²) >= 11 is 0. The largest absolute Gasteiger partial charge is 0.417 e. The number of carbonyl (C=O) groups is 2. The van der Waals surface area contributed by atoms with Crippen LogP contribution in [0.5, 0.6) is 0 Å². The molecule has 5 atom stereocenters. The van der Waals surface area contributed by atoms with Crippen LogP contribution in [0, 0.1) is 17.8 Å². The predicted octanol–water partition coefficient (Wildman–Crippen LogP) is 3.76. The van der Waals surface area contributed by atoms with Gasteiger partial charge in [-0.25, -0.2) is 0 Å². The molecule has 1 heterocycles. The quantitative estimate of drug-likeness (QED) is 0.836. The highest BCUT2D eigenvalue weighted by atomic mass is 19.4. The molecule has 1 aliphatic carbocycles. The SMILES string of the molecule is CCC1C(=O)NC2CC(NC(=O)c3ccccc3C(F)(F)F)CCC2C1C. The normalized spacial score (nSPS) is 31.0. The molecule has 0 radical (unpaired) electrons. The van der Waals surface area contributed by atoms with Crippen molar-refractivity contribution in [2.75, 3.05) is 0 Å². The fourth-order valence-electron chi connectivity index (χ4n) is 4.70. The van der Waals surface area contributed by atoms with Crippen molar-refractivity contribution in [2.45, 2.75) is 57.8 Å². The first kappa shape index (κ1) is 19.7. The highest BCUT2D eigenvalue weighted by Gasteiger charge is 2.44. The molecule has 2 amide bonds. The fourth-order valence-corrected chi connectivity index (χ4v) is 4.70. The molecule has 1 aromatic carbocycles. The van der Waals surface area contributed by atoms with Crippen molar-refractivity contribution < 1.29 is 22.8 Å². The van der Waals surface area contributed by atoms with Crippen LogP contribution in [0.25, 0.3) is 0 Å². The first-order chi connectivity index (χ1) is 12.7. The van der Waals surface area contributed by atoms with Gasteiger partial charge in [-0.2, -0.15) is 13.2 Å². The van der Waals surface area contributed by atoms with Crippen molar-refractivity contribution >= 4 is 11.8 Å². The molecule has 0 aromatic heterocycles. The van der Waals surface area contributed by atoms with E-state index in [-0.39, 0.29) is 35.4 Å². The lowest BCUT2D eigenvalue weighted by Crippen LogP contribution is -2.58. The number of nitrogens with one attached hydrogen (secondary N) is 2. The third-order valence-corrected chi connectivity index (χ3v) is 6.13. The van der Waals surface area contributed by atoms with Gasteiger partial charge in [0.2, 0.25) is 5.91 Å². The second-order valence-electron chi connectivity index (χ2n) is 7.68. The van der Waals surface area contributed by atoms with E-state index in [9.17, 15) is 22.8 Å². The fraction of sp³-hybridized carbons (Fsp3) is 0.600. The zero-order valence-corrected chi connectivity index (χ0v) is 15.5. The number of fused-ring (bicyclic) bond motifs is 1. The predicted molar refractivity (Wildman–Crippen MR) is 94.9 cm³/mol. The van der Waals surface area contributed by atoms with Crippen LogP contribution in [0.2, 0.25) is 0 Å². The monoisotopic (exact) mass is 382 g/mol. The molecule has 0 spiro atoms. The van der Waals surface area contributed by atoms with E-state index < -0.39 is 17.6 Å². The summed E-state index contributed by atoms with van der Waals surface area (Å²) < 4.78 is 39.4. The van der Waals surface area contributed by atoms with Crippen molar-refractivity contribution in [3.8, 4) is 0 Å². The standard InChI is InChI=1S/C20H25F3N2O2/c1-3-13-11(2)14-9-8-12(10-17(14)25-18(13)26)24-19(27)15-6-4-5-7-16(15)20(21,22)23/h4-7,11-14,17H,3,8-10H2,1-2H3,(H,24,27)(H,25,26). The lowest BCUT2D eigenvalue weighted by atomic mass is 9.67. The molecular weight excluding hydrogens is 357 g/mol. The molecule has 148 valence electrons. The Morgan fingerprint density at radius 3 is 2.63 bits per heavy atom. The molecule has 3 rings (SSSR count). The Morgan fingerprint density at radius 1 is 1.26 bits per heavy atom. The summed E-state index contributed by atoms with van der Waals surface area (Å²) in [6.07, 6.45) is -1.68. The van der Waals surface area contributed by atoms with Crippen LogP contribution in [-0.4, -0.2) is 23.9 Å². The van der Waals surface area contributed by atoms with Gasteiger partial charge in [0.05, 0.1) is 11.1 Å². The number of halogens is 3. The average Bonchev–Trinajstić information content (AvgIpc) is 2.61. The molecule has 2 N–H and O–H groups in total. The van der Waals surface area contributed by atoms with Crippen LogP contribution in [0.4, 0.5) is 13.2 Å². The zero-order chi connectivity index (χ0) is 19.8. The second-order valence-corrected chi connectivity index (χ2v) is 7.68. The molecule has 1 aromatic rings. The third kappa shape index (κ3) is 3.96. The van der Waals surface area contributed by atoms with E-state index in [4.69, 9.17) is 0 Å². The van der Waals surface area contributed by atoms with Gasteiger partial charge in [-0.15, -0.1) is 0 Å². The molecule has 2 aliphatic rings. The van der Waals surface area contributed by atoms with Crippen molar-refractivity contribution in [1.29, 1.82) is 0 Å². The summed E-state index contributed by atoms with van der Waals surface area (Å²) in [5.41, 5.74) is -1.29. The first-order valence-corrected chi connectivity index (χ1v) is 9.49. The van der Waals surface area contributed by atoms with E-state index in [2.05, 4.69) is 17.6 Å². The number of alkyl halides is 3. The molecule has 4 nitrogen and oxygen atoms in total. The number of hydrogen-bond acceptors (Lipinski definition) is 2. The van der Waals surface area contributed by atoms with Gasteiger partial charge in [0.25, 0.3) is 5.91 Å². The zero-order valence-electron chi connectivity index (χ0n) is 15.5. The molecule has 27 heavy (non-hydrogen) atoms. The highest BCUT2D eigenvalue weighted by molar-refractivity contribution is 5.96. The Kier molecular flexibility index (Phi) is 5.49. The van der Waals surface area contributed by atoms with E-state index >= 15 is 0 Å². The summed E-state index contributed by atoms with van der Waals surface area (Å²) in [5, 5.41) is 5.80. The molecule has 7 heteroatoms. The number of hydrogen-bond donors (Lipinski definition) is 2. The number of carbonyl (C=O) groups excluding carboxylic acids is 2. The van der Waals surface area contributed by atoms with Gasteiger partial charge in [-0.3, -0.25) is 9.59 Å². The summed E-state index contributed by atoms with van der Waals surface area (Å²) in [5.74, 6) is -0.0377. The molecule has 5 unspecified atom stereocenters. The van der Waals surface area contributed by atoms with Crippen molar-refractivity contribution in [3.05, 3.63) is 35.4 Å². The van der Waals surface area contributed by atoms with Gasteiger partial charge < -0.3 is 10.6 Å². The average molecular weight is 382 g/mol. The number of rotatable bonds is 3. The minimum atomic E-state index is -4.58. The number of benzene rings is 1. The Balaban J connectivity index is 1.69. The molecule has 1 aliphatic heterocycles. The minimum Gasteiger partial charge on any atom is -0.353 e. The maximum Gasteiger partial charge on any atom is 0.417 e. The van der Waals surface area contributed by atoms with E-state index in [1.165, 1.54) is 18.2 Å². The number of piperidine rings is 1.